The minimum atomic E-state index is 0.717. The fourth-order valence-corrected chi connectivity index (χ4v) is 1.50. The predicted molar refractivity (Wildman–Crippen MR) is 75.4 cm³/mol. The van der Waals surface area contributed by atoms with Gasteiger partial charge in [-0.05, 0) is 49.2 Å². The van der Waals surface area contributed by atoms with E-state index < -0.39 is 0 Å². The van der Waals surface area contributed by atoms with Gasteiger partial charge in [0, 0.05) is 11.4 Å². The first-order valence-electron chi connectivity index (χ1n) is 5.70. The van der Waals surface area contributed by atoms with Gasteiger partial charge in [-0.1, -0.05) is 12.1 Å². The highest BCUT2D eigenvalue weighted by Gasteiger charge is 1.97. The Hall–Kier alpha value is -2.36. The van der Waals surface area contributed by atoms with Gasteiger partial charge in [0.25, 0.3) is 0 Å². The van der Waals surface area contributed by atoms with Gasteiger partial charge in [-0.2, -0.15) is 10.2 Å². The lowest BCUT2D eigenvalue weighted by Gasteiger charge is -2.01. The number of hydrogen-bond donors (Lipinski definition) is 2. The Kier molecular flexibility index (Phi) is 3.28. The molecule has 18 heavy (non-hydrogen) atoms. The van der Waals surface area contributed by atoms with E-state index in [0.29, 0.717) is 0 Å². The molecule has 0 unspecified atom stereocenters. The summed E-state index contributed by atoms with van der Waals surface area (Å²) in [5, 5.41) is 8.28. The minimum absolute atomic E-state index is 0.717. The maximum atomic E-state index is 5.81. The van der Waals surface area contributed by atoms with Crippen LogP contribution >= 0.6 is 0 Å². The monoisotopic (exact) mass is 240 g/mol. The van der Waals surface area contributed by atoms with Gasteiger partial charge in [0.2, 0.25) is 0 Å². The van der Waals surface area contributed by atoms with E-state index in [0.717, 1.165) is 33.9 Å². The molecule has 0 bridgehead atoms. The lowest BCUT2D eigenvalue weighted by Crippen LogP contribution is -1.87. The number of azo groups is 1. The third-order valence-electron chi connectivity index (χ3n) is 2.81. The molecule has 2 rings (SSSR count). The maximum absolute atomic E-state index is 5.81. The number of nitrogens with two attached hydrogens (primary N) is 2. The highest BCUT2D eigenvalue weighted by atomic mass is 15.1. The van der Waals surface area contributed by atoms with E-state index in [9.17, 15) is 0 Å². The molecule has 92 valence electrons. The number of nitrogens with zero attached hydrogens (tertiary/aromatic N) is 2. The summed E-state index contributed by atoms with van der Waals surface area (Å²) in [6.45, 7) is 3.91. The molecule has 0 aromatic heterocycles. The Morgan fingerprint density at radius 1 is 0.722 bits per heavy atom. The summed E-state index contributed by atoms with van der Waals surface area (Å²) in [7, 11) is 0. The Morgan fingerprint density at radius 2 is 1.11 bits per heavy atom. The van der Waals surface area contributed by atoms with Crippen LogP contribution in [-0.2, 0) is 0 Å². The van der Waals surface area contributed by atoms with Crippen molar-refractivity contribution in [3.63, 3.8) is 0 Å². The second-order valence-corrected chi connectivity index (χ2v) is 4.28. The molecular weight excluding hydrogens is 224 g/mol. The molecule has 0 aliphatic rings. The van der Waals surface area contributed by atoms with Crippen LogP contribution in [0.25, 0.3) is 0 Å². The van der Waals surface area contributed by atoms with E-state index in [-0.39, 0.29) is 0 Å². The summed E-state index contributed by atoms with van der Waals surface area (Å²) in [6, 6.07) is 11.2. The average molecular weight is 240 g/mol. The smallest absolute Gasteiger partial charge is 0.0877 e. The van der Waals surface area contributed by atoms with Gasteiger partial charge in [-0.15, -0.1) is 0 Å². The van der Waals surface area contributed by atoms with Crippen LogP contribution in [0.1, 0.15) is 11.1 Å². The molecule has 0 spiro atoms. The summed E-state index contributed by atoms with van der Waals surface area (Å²) in [6.07, 6.45) is 0. The minimum Gasteiger partial charge on any atom is -0.398 e. The quantitative estimate of drug-likeness (QED) is 0.617. The van der Waals surface area contributed by atoms with Crippen LogP contribution < -0.4 is 11.5 Å². The van der Waals surface area contributed by atoms with Crippen molar-refractivity contribution in [2.75, 3.05) is 11.5 Å². The number of rotatable bonds is 2. The van der Waals surface area contributed by atoms with Crippen LogP contribution in [0, 0.1) is 13.8 Å². The molecule has 0 atom stereocenters. The normalized spacial score (nSPS) is 11.0. The molecule has 0 amide bonds. The molecule has 0 aliphatic carbocycles. The third-order valence-corrected chi connectivity index (χ3v) is 2.81. The predicted octanol–water partition coefficient (Wildman–Crippen LogP) is 3.88. The summed E-state index contributed by atoms with van der Waals surface area (Å²) in [4.78, 5) is 0. The molecular formula is C14H16N4. The number of anilines is 2. The Bertz CT molecular complexity index is 549. The van der Waals surface area contributed by atoms with Crippen molar-refractivity contribution in [2.45, 2.75) is 13.8 Å². The Morgan fingerprint density at radius 3 is 1.44 bits per heavy atom. The van der Waals surface area contributed by atoms with E-state index in [2.05, 4.69) is 10.2 Å². The molecule has 0 radical (unpaired) electrons. The highest BCUT2D eigenvalue weighted by Crippen LogP contribution is 2.24. The van der Waals surface area contributed by atoms with Gasteiger partial charge >= 0.3 is 0 Å². The summed E-state index contributed by atoms with van der Waals surface area (Å²) in [5.41, 5.74) is 16.6. The first-order chi connectivity index (χ1) is 8.56. The van der Waals surface area contributed by atoms with Gasteiger partial charge in [0.05, 0.1) is 11.4 Å². The topological polar surface area (TPSA) is 76.8 Å². The van der Waals surface area contributed by atoms with Crippen LogP contribution in [0.3, 0.4) is 0 Å². The van der Waals surface area contributed by atoms with Crippen molar-refractivity contribution < 1.29 is 0 Å². The molecule has 4 heteroatoms. The van der Waals surface area contributed by atoms with E-state index in [1.807, 2.05) is 38.1 Å². The first-order valence-corrected chi connectivity index (χ1v) is 5.70. The van der Waals surface area contributed by atoms with E-state index >= 15 is 0 Å². The molecule has 0 heterocycles. The summed E-state index contributed by atoms with van der Waals surface area (Å²) < 4.78 is 0. The van der Waals surface area contributed by atoms with Crippen molar-refractivity contribution in [1.29, 1.82) is 0 Å². The molecule has 0 fully saturated rings. The van der Waals surface area contributed by atoms with Crippen LogP contribution in [0.4, 0.5) is 22.7 Å². The summed E-state index contributed by atoms with van der Waals surface area (Å²) in [5.74, 6) is 0. The fourth-order valence-electron chi connectivity index (χ4n) is 1.50. The third kappa shape index (κ3) is 2.66. The average Bonchev–Trinajstić information content (AvgIpc) is 2.35. The summed E-state index contributed by atoms with van der Waals surface area (Å²) >= 11 is 0. The molecule has 0 saturated heterocycles. The number of benzene rings is 2. The molecule has 0 aliphatic heterocycles. The van der Waals surface area contributed by atoms with Crippen molar-refractivity contribution in [3.05, 3.63) is 47.5 Å². The molecule has 4 nitrogen and oxygen atoms in total. The second-order valence-electron chi connectivity index (χ2n) is 4.28. The van der Waals surface area contributed by atoms with Crippen LogP contribution in [0.2, 0.25) is 0 Å². The van der Waals surface area contributed by atoms with Crippen molar-refractivity contribution in [2.24, 2.45) is 10.2 Å². The van der Waals surface area contributed by atoms with Gasteiger partial charge in [0.1, 0.15) is 0 Å². The lowest BCUT2D eigenvalue weighted by atomic mass is 10.2. The SMILES string of the molecule is Cc1ccc(/N=N/c2ccc(C)c(N)c2)cc1N. The first kappa shape index (κ1) is 12.1. The highest BCUT2D eigenvalue weighted by molar-refractivity contribution is 5.57. The fraction of sp³-hybridized carbons (Fsp3) is 0.143. The second kappa shape index (κ2) is 4.87. The largest absolute Gasteiger partial charge is 0.398 e. The van der Waals surface area contributed by atoms with Crippen molar-refractivity contribution >= 4 is 22.7 Å². The van der Waals surface area contributed by atoms with Gasteiger partial charge in [-0.25, -0.2) is 0 Å². The van der Waals surface area contributed by atoms with E-state index in [4.69, 9.17) is 11.5 Å². The van der Waals surface area contributed by atoms with Crippen LogP contribution in [0.15, 0.2) is 46.6 Å². The van der Waals surface area contributed by atoms with Gasteiger partial charge in [0.15, 0.2) is 0 Å². The van der Waals surface area contributed by atoms with Crippen LogP contribution in [-0.4, -0.2) is 0 Å². The molecule has 2 aromatic carbocycles. The zero-order valence-electron chi connectivity index (χ0n) is 10.5. The van der Waals surface area contributed by atoms with Crippen molar-refractivity contribution in [3.8, 4) is 0 Å². The Balaban J connectivity index is 2.24. The number of nitrogen functional groups attached to an aromatic ring is 2. The van der Waals surface area contributed by atoms with Gasteiger partial charge in [-0.3, -0.25) is 0 Å². The Labute approximate surface area is 106 Å². The zero-order valence-corrected chi connectivity index (χ0v) is 10.5. The lowest BCUT2D eigenvalue weighted by molar-refractivity contribution is 1.22. The number of hydrogen-bond acceptors (Lipinski definition) is 4. The maximum Gasteiger partial charge on any atom is 0.0877 e. The van der Waals surface area contributed by atoms with Crippen LogP contribution in [0.5, 0.6) is 0 Å². The molecule has 2 aromatic rings. The van der Waals surface area contributed by atoms with E-state index in [1.165, 1.54) is 0 Å². The number of aryl methyl sites for hydroxylation is 2. The molecule has 4 N–H and O–H groups in total. The van der Waals surface area contributed by atoms with Gasteiger partial charge < -0.3 is 11.5 Å². The van der Waals surface area contributed by atoms with Crippen molar-refractivity contribution in [1.82, 2.24) is 0 Å². The van der Waals surface area contributed by atoms with E-state index in [1.54, 1.807) is 12.1 Å². The standard InChI is InChI=1S/C14H16N4/c1-9-3-5-11(7-13(9)15)17-18-12-6-4-10(2)14(16)8-12/h3-8H,15-16H2,1-2H3/b18-17+. The molecule has 0 saturated carbocycles. The zero-order chi connectivity index (χ0) is 13.1.